The highest BCUT2D eigenvalue weighted by molar-refractivity contribution is 6.33. The van der Waals surface area contributed by atoms with Crippen molar-refractivity contribution in [2.75, 3.05) is 0 Å². The molecule has 0 bridgehead atoms. The molecule has 0 radical (unpaired) electrons. The van der Waals surface area contributed by atoms with E-state index in [9.17, 15) is 4.39 Å². The fourth-order valence-corrected chi connectivity index (χ4v) is 1.80. The van der Waals surface area contributed by atoms with Gasteiger partial charge >= 0.3 is 0 Å². The zero-order chi connectivity index (χ0) is 11.8. The van der Waals surface area contributed by atoms with Gasteiger partial charge in [-0.05, 0) is 36.4 Å². The lowest BCUT2D eigenvalue weighted by Crippen LogP contribution is -1.86. The Kier molecular flexibility index (Phi) is 2.30. The van der Waals surface area contributed by atoms with Crippen molar-refractivity contribution < 1.29 is 4.39 Å². The Labute approximate surface area is 101 Å². The fourth-order valence-electron chi connectivity index (χ4n) is 1.59. The Morgan fingerprint density at radius 1 is 1.12 bits per heavy atom. The Balaban J connectivity index is 2.18. The fraction of sp³-hybridized carbons (Fsp3) is 0. The standard InChI is InChI=1S/C12H7ClFN3/c13-10-2-1-7-17-12(10)15-11(16-17)8-3-5-9(14)6-4-8/h1-7H. The number of pyridine rings is 1. The lowest BCUT2D eigenvalue weighted by atomic mass is 10.2. The van der Waals surface area contributed by atoms with E-state index in [0.717, 1.165) is 5.56 Å². The van der Waals surface area contributed by atoms with Gasteiger partial charge in [0.05, 0.1) is 5.02 Å². The van der Waals surface area contributed by atoms with Crippen LogP contribution in [0.3, 0.4) is 0 Å². The minimum atomic E-state index is -0.282. The van der Waals surface area contributed by atoms with Crippen LogP contribution in [0.15, 0.2) is 42.6 Å². The van der Waals surface area contributed by atoms with Gasteiger partial charge in [0.25, 0.3) is 0 Å². The Bertz CT molecular complexity index is 676. The highest BCUT2D eigenvalue weighted by Crippen LogP contribution is 2.20. The van der Waals surface area contributed by atoms with Crippen LogP contribution in [0.25, 0.3) is 17.0 Å². The summed E-state index contributed by atoms with van der Waals surface area (Å²) in [7, 11) is 0. The van der Waals surface area contributed by atoms with Crippen LogP contribution in [-0.2, 0) is 0 Å². The quantitative estimate of drug-likeness (QED) is 0.661. The maximum Gasteiger partial charge on any atom is 0.182 e. The summed E-state index contributed by atoms with van der Waals surface area (Å²) in [5.41, 5.74) is 1.35. The van der Waals surface area contributed by atoms with Crippen LogP contribution >= 0.6 is 11.6 Å². The monoisotopic (exact) mass is 247 g/mol. The lowest BCUT2D eigenvalue weighted by molar-refractivity contribution is 0.628. The third-order valence-electron chi connectivity index (χ3n) is 2.42. The van der Waals surface area contributed by atoms with E-state index in [1.807, 2.05) is 0 Å². The first-order valence-electron chi connectivity index (χ1n) is 5.01. The molecule has 1 aromatic carbocycles. The molecule has 3 aromatic rings. The van der Waals surface area contributed by atoms with Gasteiger partial charge in [0.15, 0.2) is 11.5 Å². The number of rotatable bonds is 1. The van der Waals surface area contributed by atoms with E-state index in [0.29, 0.717) is 16.5 Å². The van der Waals surface area contributed by atoms with E-state index < -0.39 is 0 Å². The second kappa shape index (κ2) is 3.82. The molecular formula is C12H7ClFN3. The molecule has 17 heavy (non-hydrogen) atoms. The Hall–Kier alpha value is -1.94. The van der Waals surface area contributed by atoms with Crippen molar-refractivity contribution in [3.63, 3.8) is 0 Å². The third-order valence-corrected chi connectivity index (χ3v) is 2.71. The minimum absolute atomic E-state index is 0.282. The van der Waals surface area contributed by atoms with E-state index in [2.05, 4.69) is 10.1 Å². The maximum atomic E-state index is 12.8. The van der Waals surface area contributed by atoms with Crippen molar-refractivity contribution in [3.05, 3.63) is 53.4 Å². The molecule has 5 heteroatoms. The summed E-state index contributed by atoms with van der Waals surface area (Å²) < 4.78 is 14.4. The van der Waals surface area contributed by atoms with Crippen LogP contribution < -0.4 is 0 Å². The predicted octanol–water partition coefficient (Wildman–Crippen LogP) is 3.19. The predicted molar refractivity (Wildman–Crippen MR) is 63.4 cm³/mol. The molecular weight excluding hydrogens is 241 g/mol. The van der Waals surface area contributed by atoms with Crippen molar-refractivity contribution >= 4 is 17.2 Å². The topological polar surface area (TPSA) is 30.2 Å². The first-order chi connectivity index (χ1) is 8.24. The van der Waals surface area contributed by atoms with Crippen molar-refractivity contribution in [2.24, 2.45) is 0 Å². The molecule has 0 N–H and O–H groups in total. The normalized spacial score (nSPS) is 10.9. The highest BCUT2D eigenvalue weighted by Gasteiger charge is 2.08. The molecule has 0 aliphatic rings. The van der Waals surface area contributed by atoms with E-state index in [-0.39, 0.29) is 5.82 Å². The summed E-state index contributed by atoms with van der Waals surface area (Å²) in [5.74, 6) is 0.244. The van der Waals surface area contributed by atoms with Crippen LogP contribution in [0.2, 0.25) is 5.02 Å². The molecule has 3 nitrogen and oxygen atoms in total. The van der Waals surface area contributed by atoms with E-state index in [1.54, 1.807) is 35.0 Å². The number of hydrogen-bond acceptors (Lipinski definition) is 2. The molecule has 0 amide bonds. The molecule has 0 fully saturated rings. The molecule has 3 rings (SSSR count). The molecule has 0 aliphatic heterocycles. The summed E-state index contributed by atoms with van der Waals surface area (Å²) >= 11 is 6.00. The molecule has 2 heterocycles. The number of nitrogens with zero attached hydrogens (tertiary/aromatic N) is 3. The van der Waals surface area contributed by atoms with Gasteiger partial charge in [-0.1, -0.05) is 11.6 Å². The summed E-state index contributed by atoms with van der Waals surface area (Å²) in [5, 5.41) is 4.81. The van der Waals surface area contributed by atoms with Gasteiger partial charge in [-0.2, -0.15) is 0 Å². The second-order valence-corrected chi connectivity index (χ2v) is 3.97. The minimum Gasteiger partial charge on any atom is -0.219 e. The second-order valence-electron chi connectivity index (χ2n) is 3.57. The van der Waals surface area contributed by atoms with Gasteiger partial charge in [-0.15, -0.1) is 5.10 Å². The van der Waals surface area contributed by atoms with Crippen molar-refractivity contribution in [3.8, 4) is 11.4 Å². The lowest BCUT2D eigenvalue weighted by Gasteiger charge is -1.93. The zero-order valence-electron chi connectivity index (χ0n) is 8.64. The third kappa shape index (κ3) is 1.76. The SMILES string of the molecule is Fc1ccc(-c2nc3c(Cl)cccn3n2)cc1. The van der Waals surface area contributed by atoms with Crippen LogP contribution in [0.1, 0.15) is 0 Å². The summed E-state index contributed by atoms with van der Waals surface area (Å²) in [6, 6.07) is 9.57. The van der Waals surface area contributed by atoms with E-state index >= 15 is 0 Å². The number of halogens is 2. The van der Waals surface area contributed by atoms with E-state index in [1.165, 1.54) is 12.1 Å². The van der Waals surface area contributed by atoms with Crippen LogP contribution in [0.5, 0.6) is 0 Å². The van der Waals surface area contributed by atoms with Gasteiger partial charge in [0.2, 0.25) is 0 Å². The largest absolute Gasteiger partial charge is 0.219 e. The molecule has 0 saturated heterocycles. The van der Waals surface area contributed by atoms with Crippen LogP contribution in [0, 0.1) is 5.82 Å². The summed E-state index contributed by atoms with van der Waals surface area (Å²) in [6.07, 6.45) is 1.77. The maximum absolute atomic E-state index is 12.8. The number of fused-ring (bicyclic) bond motifs is 1. The molecule has 0 saturated carbocycles. The van der Waals surface area contributed by atoms with Gasteiger partial charge in [-0.3, -0.25) is 0 Å². The molecule has 0 atom stereocenters. The molecule has 0 aliphatic carbocycles. The summed E-state index contributed by atoms with van der Waals surface area (Å²) in [6.45, 7) is 0. The number of aromatic nitrogens is 3. The van der Waals surface area contributed by atoms with Gasteiger partial charge < -0.3 is 0 Å². The Morgan fingerprint density at radius 3 is 2.59 bits per heavy atom. The van der Waals surface area contributed by atoms with Crippen molar-refractivity contribution in [1.29, 1.82) is 0 Å². The van der Waals surface area contributed by atoms with Crippen LogP contribution in [-0.4, -0.2) is 14.6 Å². The van der Waals surface area contributed by atoms with Crippen LogP contribution in [0.4, 0.5) is 4.39 Å². The van der Waals surface area contributed by atoms with Gasteiger partial charge in [0, 0.05) is 11.8 Å². The molecule has 84 valence electrons. The first kappa shape index (κ1) is 10.2. The van der Waals surface area contributed by atoms with E-state index in [4.69, 9.17) is 11.6 Å². The number of benzene rings is 1. The summed E-state index contributed by atoms with van der Waals surface area (Å²) in [4.78, 5) is 4.31. The average molecular weight is 248 g/mol. The van der Waals surface area contributed by atoms with Gasteiger partial charge in [-0.25, -0.2) is 13.9 Å². The Morgan fingerprint density at radius 2 is 1.88 bits per heavy atom. The number of hydrogen-bond donors (Lipinski definition) is 0. The average Bonchev–Trinajstić information content (AvgIpc) is 2.75. The molecule has 2 aromatic heterocycles. The molecule has 0 spiro atoms. The van der Waals surface area contributed by atoms with Crippen molar-refractivity contribution in [1.82, 2.24) is 14.6 Å². The first-order valence-corrected chi connectivity index (χ1v) is 5.39. The van der Waals surface area contributed by atoms with Gasteiger partial charge in [0.1, 0.15) is 5.82 Å². The smallest absolute Gasteiger partial charge is 0.182 e. The van der Waals surface area contributed by atoms with Crippen molar-refractivity contribution in [2.45, 2.75) is 0 Å². The zero-order valence-corrected chi connectivity index (χ0v) is 9.39. The molecule has 0 unspecified atom stereocenters. The highest BCUT2D eigenvalue weighted by atomic mass is 35.5.